The smallest absolute Gasteiger partial charge is 0.258 e. The Kier molecular flexibility index (Phi) is 7.13. The number of halogens is 7. The van der Waals surface area contributed by atoms with E-state index in [2.05, 4.69) is 0 Å². The highest BCUT2D eigenvalue weighted by molar-refractivity contribution is 6.58. The summed E-state index contributed by atoms with van der Waals surface area (Å²) in [6.45, 7) is 3.10. The highest BCUT2D eigenvalue weighted by Gasteiger charge is 2.77. The Labute approximate surface area is 279 Å². The lowest BCUT2D eigenvalue weighted by Crippen LogP contribution is -2.60. The van der Waals surface area contributed by atoms with Gasteiger partial charge in [-0.2, -0.15) is 0 Å². The zero-order chi connectivity index (χ0) is 34.8. The summed E-state index contributed by atoms with van der Waals surface area (Å²) in [7, 11) is 0. The second-order valence-corrected chi connectivity index (χ2v) is 13.8. The van der Waals surface area contributed by atoms with Crippen molar-refractivity contribution < 1.29 is 46.2 Å². The minimum absolute atomic E-state index is 0.0166. The van der Waals surface area contributed by atoms with Gasteiger partial charge in [0, 0.05) is 5.92 Å². The average molecular weight is 705 g/mol. The molecular formula is C34H23Cl2F5N2O5. The van der Waals surface area contributed by atoms with Crippen molar-refractivity contribution in [1.29, 1.82) is 0 Å². The van der Waals surface area contributed by atoms with Crippen LogP contribution < -0.4 is 9.80 Å². The molecule has 3 fully saturated rings. The van der Waals surface area contributed by atoms with Gasteiger partial charge in [-0.15, -0.1) is 23.2 Å². The Hall–Kier alpha value is -4.29. The van der Waals surface area contributed by atoms with Gasteiger partial charge in [0.05, 0.1) is 17.5 Å². The SMILES string of the molecule is Cc1cc(C2C3=CCC4C(=O)N(c5ccccc5)C(=O)C4C3CC3(Cl)C(=O)N(c4c(F)c(F)c(F)c(F)c4F)C(=O)C23Cl)cc(C)c1O. The van der Waals surface area contributed by atoms with E-state index in [4.69, 9.17) is 23.2 Å². The molecule has 1 saturated carbocycles. The van der Waals surface area contributed by atoms with E-state index in [1.54, 1.807) is 50.3 Å². The van der Waals surface area contributed by atoms with Crippen LogP contribution in [0.2, 0.25) is 0 Å². The molecule has 2 aliphatic carbocycles. The van der Waals surface area contributed by atoms with Gasteiger partial charge in [-0.3, -0.25) is 24.1 Å². The summed E-state index contributed by atoms with van der Waals surface area (Å²) in [4.78, 5) is 51.9. The molecule has 7 rings (SSSR count). The minimum Gasteiger partial charge on any atom is -0.507 e. The van der Waals surface area contributed by atoms with Crippen molar-refractivity contribution >= 4 is 58.2 Å². The third-order valence-electron chi connectivity index (χ3n) is 10.1. The van der Waals surface area contributed by atoms with E-state index >= 15 is 8.78 Å². The molecule has 4 amide bonds. The number of hydrogen-bond donors (Lipinski definition) is 1. The van der Waals surface area contributed by atoms with Gasteiger partial charge >= 0.3 is 0 Å². The minimum atomic E-state index is -2.64. The van der Waals surface area contributed by atoms with Gasteiger partial charge in [-0.1, -0.05) is 42.0 Å². The number of nitrogens with zero attached hydrogens (tertiary/aromatic N) is 2. The van der Waals surface area contributed by atoms with E-state index in [0.29, 0.717) is 22.4 Å². The number of amides is 4. The molecule has 0 aromatic heterocycles. The molecule has 0 spiro atoms. The molecule has 3 aromatic carbocycles. The highest BCUT2D eigenvalue weighted by Crippen LogP contribution is 2.66. The Balaban J connectivity index is 1.46. The second kappa shape index (κ2) is 10.6. The first kappa shape index (κ1) is 32.3. The number of para-hydroxylation sites is 1. The summed E-state index contributed by atoms with van der Waals surface area (Å²) in [5, 5.41) is 10.5. The number of phenols is 1. The first-order chi connectivity index (χ1) is 22.6. The van der Waals surface area contributed by atoms with Crippen molar-refractivity contribution in [2.75, 3.05) is 9.80 Å². The van der Waals surface area contributed by atoms with Gasteiger partial charge in [0.1, 0.15) is 11.4 Å². The number of imide groups is 2. The Morgan fingerprint density at radius 3 is 1.92 bits per heavy atom. The zero-order valence-corrected chi connectivity index (χ0v) is 26.5. The number of rotatable bonds is 3. The van der Waals surface area contributed by atoms with Gasteiger partial charge < -0.3 is 5.11 Å². The first-order valence-electron chi connectivity index (χ1n) is 14.8. The van der Waals surface area contributed by atoms with Crippen molar-refractivity contribution in [2.24, 2.45) is 17.8 Å². The standard InChI is InChI=1S/C34H23Cl2F5N2O5/c1-13-10-15(11-14(2)28(13)44)21-17-8-9-18-20(30(46)42(29(18)45)16-6-4-3-5-7-16)19(17)12-33(35)31(47)43(32(48)34(21,33)36)27-25(40)23(38)22(37)24(39)26(27)41/h3-8,10-11,18-21,44H,9,12H2,1-2H3. The lowest BCUT2D eigenvalue weighted by Gasteiger charge is -2.50. The molecule has 0 bridgehead atoms. The number of aromatic hydroxyl groups is 1. The molecule has 6 atom stereocenters. The van der Waals surface area contributed by atoms with Crippen LogP contribution in [0.3, 0.4) is 0 Å². The molecule has 4 aliphatic rings. The number of anilines is 2. The van der Waals surface area contributed by atoms with Crippen LogP contribution in [-0.4, -0.2) is 38.5 Å². The van der Waals surface area contributed by atoms with Crippen LogP contribution in [0, 0.1) is 60.7 Å². The van der Waals surface area contributed by atoms with Gasteiger partial charge in [-0.05, 0) is 61.4 Å². The highest BCUT2D eigenvalue weighted by atomic mass is 35.5. The lowest BCUT2D eigenvalue weighted by molar-refractivity contribution is -0.125. The summed E-state index contributed by atoms with van der Waals surface area (Å²) in [6, 6.07) is 11.0. The topological polar surface area (TPSA) is 95.0 Å². The number of aryl methyl sites for hydroxylation is 2. The quantitative estimate of drug-likeness (QED) is 0.0843. The second-order valence-electron chi connectivity index (χ2n) is 12.5. The Morgan fingerprint density at radius 1 is 0.771 bits per heavy atom. The summed E-state index contributed by atoms with van der Waals surface area (Å²) in [5.41, 5.74) is -0.365. The van der Waals surface area contributed by atoms with Crippen LogP contribution in [0.1, 0.15) is 35.4 Å². The monoisotopic (exact) mass is 704 g/mol. The van der Waals surface area contributed by atoms with E-state index in [1.165, 1.54) is 12.1 Å². The maximum absolute atomic E-state index is 15.2. The maximum Gasteiger partial charge on any atom is 0.258 e. The van der Waals surface area contributed by atoms with E-state index in [9.17, 15) is 37.5 Å². The summed E-state index contributed by atoms with van der Waals surface area (Å²) < 4.78 is 73.2. The van der Waals surface area contributed by atoms with E-state index in [-0.39, 0.29) is 22.6 Å². The third-order valence-corrected chi connectivity index (χ3v) is 11.5. The number of allylic oxidation sites excluding steroid dienone is 2. The van der Waals surface area contributed by atoms with Gasteiger partial charge in [-0.25, -0.2) is 26.9 Å². The van der Waals surface area contributed by atoms with Crippen LogP contribution in [0.15, 0.2) is 54.1 Å². The van der Waals surface area contributed by atoms with Crippen LogP contribution in [0.4, 0.5) is 33.3 Å². The van der Waals surface area contributed by atoms with Crippen molar-refractivity contribution in [3.05, 3.63) is 99.9 Å². The molecule has 3 aromatic rings. The van der Waals surface area contributed by atoms with Gasteiger partial charge in [0.2, 0.25) is 17.6 Å². The fraction of sp³-hybridized carbons (Fsp3) is 0.294. The summed E-state index contributed by atoms with van der Waals surface area (Å²) in [5.74, 6) is -21.0. The molecule has 248 valence electrons. The average Bonchev–Trinajstić information content (AvgIpc) is 3.40. The van der Waals surface area contributed by atoms with Crippen LogP contribution in [0.5, 0.6) is 5.75 Å². The number of carbonyl (C=O) groups is 4. The fourth-order valence-corrected chi connectivity index (χ4v) is 8.86. The fourth-order valence-electron chi connectivity index (χ4n) is 7.93. The number of hydrogen-bond acceptors (Lipinski definition) is 5. The predicted molar refractivity (Wildman–Crippen MR) is 163 cm³/mol. The van der Waals surface area contributed by atoms with Crippen molar-refractivity contribution in [3.63, 3.8) is 0 Å². The van der Waals surface area contributed by atoms with Crippen molar-refractivity contribution in [3.8, 4) is 5.75 Å². The number of alkyl halides is 2. The van der Waals surface area contributed by atoms with Crippen molar-refractivity contribution in [1.82, 2.24) is 0 Å². The molecular weight excluding hydrogens is 682 g/mol. The molecule has 2 saturated heterocycles. The normalized spacial score (nSPS) is 29.6. The Morgan fingerprint density at radius 2 is 1.33 bits per heavy atom. The zero-order valence-electron chi connectivity index (χ0n) is 25.0. The molecule has 0 radical (unpaired) electrons. The largest absolute Gasteiger partial charge is 0.507 e. The van der Waals surface area contributed by atoms with Crippen LogP contribution >= 0.6 is 23.2 Å². The summed E-state index contributed by atoms with van der Waals surface area (Å²) in [6.07, 6.45) is 1.03. The van der Waals surface area contributed by atoms with Crippen LogP contribution in [0.25, 0.3) is 0 Å². The molecule has 2 heterocycles. The predicted octanol–water partition coefficient (Wildman–Crippen LogP) is 6.47. The number of benzene rings is 3. The molecule has 1 N–H and O–H groups in total. The number of phenolic OH excluding ortho intramolecular Hbond substituents is 1. The lowest BCUT2D eigenvalue weighted by atomic mass is 9.56. The van der Waals surface area contributed by atoms with E-state index in [0.717, 1.165) is 4.90 Å². The van der Waals surface area contributed by atoms with Crippen LogP contribution in [-0.2, 0) is 19.2 Å². The number of carbonyl (C=O) groups excluding carboxylic acids is 4. The van der Waals surface area contributed by atoms with Gasteiger partial charge in [0.25, 0.3) is 11.8 Å². The van der Waals surface area contributed by atoms with Crippen molar-refractivity contribution in [2.45, 2.75) is 42.4 Å². The molecule has 6 unspecified atom stereocenters. The van der Waals surface area contributed by atoms with E-state index in [1.807, 2.05) is 0 Å². The Bertz CT molecular complexity index is 1990. The molecule has 7 nitrogen and oxygen atoms in total. The summed E-state index contributed by atoms with van der Waals surface area (Å²) >= 11 is 14.3. The molecule has 48 heavy (non-hydrogen) atoms. The first-order valence-corrected chi connectivity index (χ1v) is 15.5. The van der Waals surface area contributed by atoms with E-state index < -0.39 is 98.2 Å². The molecule has 2 aliphatic heterocycles. The molecule has 14 heteroatoms. The number of fused-ring (bicyclic) bond motifs is 4. The van der Waals surface area contributed by atoms with Gasteiger partial charge in [0.15, 0.2) is 33.0 Å². The maximum atomic E-state index is 15.2. The third kappa shape index (κ3) is 3.92.